The first kappa shape index (κ1) is 14.0. The van der Waals surface area contributed by atoms with Gasteiger partial charge in [0.15, 0.2) is 5.82 Å². The Balaban J connectivity index is 2.60. The summed E-state index contributed by atoms with van der Waals surface area (Å²) < 4.78 is 23.6. The zero-order valence-electron chi connectivity index (χ0n) is 10.6. The normalized spacial score (nSPS) is 12.9. The number of hydrogen-bond acceptors (Lipinski definition) is 6. The van der Waals surface area contributed by atoms with E-state index in [4.69, 9.17) is 0 Å². The second-order valence-electron chi connectivity index (χ2n) is 5.05. The summed E-state index contributed by atoms with van der Waals surface area (Å²) >= 11 is 0. The fourth-order valence-corrected chi connectivity index (χ4v) is 1.62. The van der Waals surface area contributed by atoms with Crippen LogP contribution in [0, 0.1) is 0 Å². The molecule has 8 heteroatoms. The number of tetrazole rings is 1. The summed E-state index contributed by atoms with van der Waals surface area (Å²) in [5.41, 5.74) is -0.0341. The molecule has 7 nitrogen and oxygen atoms in total. The quantitative estimate of drug-likeness (QED) is 0.776. The molecule has 0 saturated heterocycles. The van der Waals surface area contributed by atoms with Crippen LogP contribution in [0.1, 0.15) is 26.6 Å². The highest BCUT2D eigenvalue weighted by molar-refractivity contribution is 7.90. The number of nitrogens with one attached hydrogen (secondary N) is 1. The molecule has 0 atom stereocenters. The van der Waals surface area contributed by atoms with E-state index in [1.807, 2.05) is 20.8 Å². The largest absolute Gasteiger partial charge is 0.305 e. The third-order valence-corrected chi connectivity index (χ3v) is 2.98. The fourth-order valence-electron chi connectivity index (χ4n) is 1.12. The molecule has 1 N–H and O–H groups in total. The first-order valence-corrected chi connectivity index (χ1v) is 7.41. The van der Waals surface area contributed by atoms with Crippen LogP contribution in [0.3, 0.4) is 0 Å². The number of nitrogens with zero attached hydrogens (tertiary/aromatic N) is 4. The molecule has 0 aliphatic heterocycles. The molecule has 0 radical (unpaired) electrons. The van der Waals surface area contributed by atoms with Gasteiger partial charge in [-0.3, -0.25) is 0 Å². The van der Waals surface area contributed by atoms with E-state index < -0.39 is 9.84 Å². The third kappa shape index (κ3) is 5.73. The molecule has 0 aliphatic rings. The molecule has 0 aromatic carbocycles. The van der Waals surface area contributed by atoms with E-state index in [9.17, 15) is 8.42 Å². The zero-order chi connectivity index (χ0) is 13.1. The average Bonchev–Trinajstić information content (AvgIpc) is 2.56. The van der Waals surface area contributed by atoms with E-state index >= 15 is 0 Å². The predicted molar refractivity (Wildman–Crippen MR) is 64.1 cm³/mol. The molecule has 1 rings (SSSR count). The molecule has 1 aromatic heterocycles. The Bertz CT molecular complexity index is 460. The van der Waals surface area contributed by atoms with Gasteiger partial charge in [0.25, 0.3) is 0 Å². The van der Waals surface area contributed by atoms with Gasteiger partial charge in [-0.25, -0.2) is 13.1 Å². The molecule has 0 spiro atoms. The summed E-state index contributed by atoms with van der Waals surface area (Å²) in [6.07, 6.45) is 1.20. The predicted octanol–water partition coefficient (Wildman–Crippen LogP) is -0.394. The lowest BCUT2D eigenvalue weighted by atomic mass is 10.1. The van der Waals surface area contributed by atoms with Crippen molar-refractivity contribution in [1.29, 1.82) is 0 Å². The van der Waals surface area contributed by atoms with Crippen LogP contribution in [0.25, 0.3) is 0 Å². The van der Waals surface area contributed by atoms with Gasteiger partial charge < -0.3 is 5.32 Å². The minimum atomic E-state index is -3.00. The van der Waals surface area contributed by atoms with Crippen LogP contribution < -0.4 is 5.32 Å². The van der Waals surface area contributed by atoms with E-state index in [1.54, 1.807) is 0 Å². The first-order chi connectivity index (χ1) is 7.67. The van der Waals surface area contributed by atoms with Gasteiger partial charge in [-0.1, -0.05) is 0 Å². The van der Waals surface area contributed by atoms with Gasteiger partial charge >= 0.3 is 0 Å². The number of aryl methyl sites for hydroxylation is 1. The van der Waals surface area contributed by atoms with E-state index in [2.05, 4.69) is 20.8 Å². The van der Waals surface area contributed by atoms with Crippen LogP contribution >= 0.6 is 0 Å². The molecule has 1 aromatic rings. The van der Waals surface area contributed by atoms with E-state index in [-0.39, 0.29) is 17.8 Å². The molecule has 17 heavy (non-hydrogen) atoms. The summed E-state index contributed by atoms with van der Waals surface area (Å²) in [5.74, 6) is 0.684. The van der Waals surface area contributed by atoms with Gasteiger partial charge in [-0.05, 0) is 31.2 Å². The summed E-state index contributed by atoms with van der Waals surface area (Å²) in [6, 6.07) is 0. The lowest BCUT2D eigenvalue weighted by molar-refractivity contribution is 0.409. The smallest absolute Gasteiger partial charge is 0.165 e. The van der Waals surface area contributed by atoms with Crippen molar-refractivity contribution >= 4 is 9.84 Å². The molecule has 1 heterocycles. The summed E-state index contributed by atoms with van der Waals surface area (Å²) in [4.78, 5) is 0. The molecule has 0 aliphatic carbocycles. The molecule has 0 amide bonds. The lowest BCUT2D eigenvalue weighted by Gasteiger charge is -2.19. The topological polar surface area (TPSA) is 89.8 Å². The second kappa shape index (κ2) is 5.09. The van der Waals surface area contributed by atoms with Crippen molar-refractivity contribution in [3.05, 3.63) is 5.82 Å². The Morgan fingerprint density at radius 1 is 1.35 bits per heavy atom. The van der Waals surface area contributed by atoms with Crippen molar-refractivity contribution in [2.24, 2.45) is 0 Å². The van der Waals surface area contributed by atoms with Crippen LogP contribution in [0.5, 0.6) is 0 Å². The lowest BCUT2D eigenvalue weighted by Crippen LogP contribution is -2.36. The Morgan fingerprint density at radius 2 is 2.00 bits per heavy atom. The van der Waals surface area contributed by atoms with E-state index in [1.165, 1.54) is 10.9 Å². The van der Waals surface area contributed by atoms with Gasteiger partial charge in [-0.2, -0.15) is 0 Å². The Hall–Kier alpha value is -1.02. The molecule has 98 valence electrons. The maximum Gasteiger partial charge on any atom is 0.165 e. The number of hydrogen-bond donors (Lipinski definition) is 1. The summed E-state index contributed by atoms with van der Waals surface area (Å²) in [5, 5.41) is 14.4. The Labute approximate surface area is 102 Å². The summed E-state index contributed by atoms with van der Waals surface area (Å²) in [7, 11) is -3.00. The fraction of sp³-hybridized carbons (Fsp3) is 0.889. The molecular weight excluding hydrogens is 242 g/mol. The minimum Gasteiger partial charge on any atom is -0.305 e. The van der Waals surface area contributed by atoms with Crippen LogP contribution in [-0.4, -0.2) is 46.2 Å². The minimum absolute atomic E-state index is 0.0341. The molecular formula is C9H19N5O2S. The van der Waals surface area contributed by atoms with Crippen LogP contribution in [-0.2, 0) is 22.9 Å². The highest BCUT2D eigenvalue weighted by Crippen LogP contribution is 2.01. The number of aromatic nitrogens is 4. The maximum absolute atomic E-state index is 11.1. The van der Waals surface area contributed by atoms with Crippen molar-refractivity contribution in [2.45, 2.75) is 39.4 Å². The Kier molecular flexibility index (Phi) is 4.21. The third-order valence-electron chi connectivity index (χ3n) is 2.06. The van der Waals surface area contributed by atoms with Crippen LogP contribution in [0.4, 0.5) is 0 Å². The zero-order valence-corrected chi connectivity index (χ0v) is 11.5. The first-order valence-electron chi connectivity index (χ1n) is 5.35. The molecule has 0 saturated carbocycles. The van der Waals surface area contributed by atoms with Gasteiger partial charge in [-0.15, -0.1) is 5.10 Å². The van der Waals surface area contributed by atoms with Crippen molar-refractivity contribution < 1.29 is 8.42 Å². The number of rotatable bonds is 5. The van der Waals surface area contributed by atoms with Crippen molar-refractivity contribution in [3.8, 4) is 0 Å². The van der Waals surface area contributed by atoms with Crippen LogP contribution in [0.2, 0.25) is 0 Å². The average molecular weight is 261 g/mol. The second-order valence-corrected chi connectivity index (χ2v) is 7.31. The summed E-state index contributed by atoms with van der Waals surface area (Å²) in [6.45, 7) is 6.92. The standard InChI is InChI=1S/C9H19N5O2S/c1-9(2,3)10-7-8-11-12-13-14(8)5-6-17(4,15)16/h10H,5-7H2,1-4H3. The number of sulfone groups is 1. The van der Waals surface area contributed by atoms with Gasteiger partial charge in [0.05, 0.1) is 18.8 Å². The molecule has 0 fully saturated rings. The molecule has 0 bridgehead atoms. The van der Waals surface area contributed by atoms with Crippen molar-refractivity contribution in [3.63, 3.8) is 0 Å². The van der Waals surface area contributed by atoms with Crippen molar-refractivity contribution in [1.82, 2.24) is 25.5 Å². The van der Waals surface area contributed by atoms with Gasteiger partial charge in [0, 0.05) is 11.8 Å². The van der Waals surface area contributed by atoms with Crippen molar-refractivity contribution in [2.75, 3.05) is 12.0 Å². The highest BCUT2D eigenvalue weighted by atomic mass is 32.2. The van der Waals surface area contributed by atoms with Gasteiger partial charge in [0.2, 0.25) is 0 Å². The van der Waals surface area contributed by atoms with Crippen LogP contribution in [0.15, 0.2) is 0 Å². The van der Waals surface area contributed by atoms with E-state index in [0.29, 0.717) is 12.4 Å². The Morgan fingerprint density at radius 3 is 2.53 bits per heavy atom. The van der Waals surface area contributed by atoms with E-state index in [0.717, 1.165) is 0 Å². The highest BCUT2D eigenvalue weighted by Gasteiger charge is 2.13. The molecule has 0 unspecified atom stereocenters. The SMILES string of the molecule is CC(C)(C)NCc1nnnn1CCS(C)(=O)=O. The monoisotopic (exact) mass is 261 g/mol. The van der Waals surface area contributed by atoms with Gasteiger partial charge in [0.1, 0.15) is 9.84 Å². The maximum atomic E-state index is 11.1.